The van der Waals surface area contributed by atoms with Gasteiger partial charge in [0.1, 0.15) is 0 Å². The third-order valence-corrected chi connectivity index (χ3v) is 3.02. The molecular weight excluding hydrogens is 322 g/mol. The molecule has 20 heavy (non-hydrogen) atoms. The zero-order chi connectivity index (χ0) is 15.0. The number of nitrogens with one attached hydrogen (secondary N) is 1. The summed E-state index contributed by atoms with van der Waals surface area (Å²) in [6, 6.07) is 7.50. The first kappa shape index (κ1) is 16.2. The Bertz CT molecular complexity index is 508. The Morgan fingerprint density at radius 2 is 2.00 bits per heavy atom. The van der Waals surface area contributed by atoms with Crippen LogP contribution in [0.2, 0.25) is 0 Å². The topological polar surface area (TPSA) is 75.4 Å². The second-order valence-corrected chi connectivity index (χ2v) is 5.07. The molecule has 1 aromatic rings. The second-order valence-electron chi connectivity index (χ2n) is 4.15. The quantitative estimate of drug-likeness (QED) is 0.561. The standard InChI is InChI=1S/C14H16BrN3O2/c1-2-7-17-8-14(20)18(10-13(16)19)9-11-3-5-12(15)6-4-11/h1,3-6,17H,7-10H2,(H2,16,19). The highest BCUT2D eigenvalue weighted by Gasteiger charge is 2.15. The van der Waals surface area contributed by atoms with Crippen LogP contribution in [0.25, 0.3) is 0 Å². The van der Waals surface area contributed by atoms with Crippen LogP contribution in [0.15, 0.2) is 28.7 Å². The minimum atomic E-state index is -0.549. The van der Waals surface area contributed by atoms with Crippen LogP contribution in [-0.2, 0) is 16.1 Å². The fraction of sp³-hybridized carbons (Fsp3) is 0.286. The van der Waals surface area contributed by atoms with Crippen molar-refractivity contribution < 1.29 is 9.59 Å². The first-order valence-electron chi connectivity index (χ1n) is 5.97. The molecule has 0 unspecified atom stereocenters. The predicted molar refractivity (Wildman–Crippen MR) is 80.5 cm³/mol. The highest BCUT2D eigenvalue weighted by atomic mass is 79.9. The Hall–Kier alpha value is -1.84. The molecule has 0 saturated carbocycles. The van der Waals surface area contributed by atoms with Gasteiger partial charge in [-0.3, -0.25) is 14.9 Å². The second kappa shape index (κ2) is 8.35. The zero-order valence-corrected chi connectivity index (χ0v) is 12.5. The van der Waals surface area contributed by atoms with Crippen molar-refractivity contribution >= 4 is 27.7 Å². The van der Waals surface area contributed by atoms with Gasteiger partial charge in [0.05, 0.1) is 19.6 Å². The summed E-state index contributed by atoms with van der Waals surface area (Å²) in [7, 11) is 0. The van der Waals surface area contributed by atoms with E-state index in [4.69, 9.17) is 12.2 Å². The predicted octanol–water partition coefficient (Wildman–Crippen LogP) is 0.486. The van der Waals surface area contributed by atoms with Gasteiger partial charge in [-0.05, 0) is 17.7 Å². The van der Waals surface area contributed by atoms with Crippen LogP contribution in [0.4, 0.5) is 0 Å². The molecule has 0 fully saturated rings. The van der Waals surface area contributed by atoms with Crippen molar-refractivity contribution in [2.24, 2.45) is 5.73 Å². The molecule has 0 aliphatic rings. The van der Waals surface area contributed by atoms with Gasteiger partial charge in [-0.2, -0.15) is 0 Å². The average molecular weight is 338 g/mol. The third kappa shape index (κ3) is 5.87. The third-order valence-electron chi connectivity index (χ3n) is 2.49. The summed E-state index contributed by atoms with van der Waals surface area (Å²) in [6.45, 7) is 0.585. The monoisotopic (exact) mass is 337 g/mol. The molecule has 0 bridgehead atoms. The maximum Gasteiger partial charge on any atom is 0.237 e. The summed E-state index contributed by atoms with van der Waals surface area (Å²) in [5, 5.41) is 2.80. The molecule has 1 rings (SSSR count). The van der Waals surface area contributed by atoms with Crippen molar-refractivity contribution in [1.82, 2.24) is 10.2 Å². The lowest BCUT2D eigenvalue weighted by Crippen LogP contribution is -2.42. The van der Waals surface area contributed by atoms with Crippen LogP contribution in [0.1, 0.15) is 5.56 Å². The normalized spacial score (nSPS) is 9.80. The van der Waals surface area contributed by atoms with Gasteiger partial charge in [0, 0.05) is 11.0 Å². The van der Waals surface area contributed by atoms with E-state index >= 15 is 0 Å². The smallest absolute Gasteiger partial charge is 0.237 e. The molecule has 3 N–H and O–H groups in total. The lowest BCUT2D eigenvalue weighted by molar-refractivity contribution is -0.134. The van der Waals surface area contributed by atoms with Crippen molar-refractivity contribution in [3.8, 4) is 12.3 Å². The summed E-state index contributed by atoms with van der Waals surface area (Å²) in [4.78, 5) is 24.5. The summed E-state index contributed by atoms with van der Waals surface area (Å²) in [5.41, 5.74) is 6.09. The van der Waals surface area contributed by atoms with Crippen molar-refractivity contribution in [3.63, 3.8) is 0 Å². The molecular formula is C14H16BrN3O2. The largest absolute Gasteiger partial charge is 0.368 e. The molecule has 0 spiro atoms. The molecule has 5 nitrogen and oxygen atoms in total. The maximum absolute atomic E-state index is 12.0. The number of carbonyl (C=O) groups excluding carboxylic acids is 2. The summed E-state index contributed by atoms with van der Waals surface area (Å²) in [6.07, 6.45) is 5.09. The Labute approximate surface area is 126 Å². The molecule has 106 valence electrons. The van der Waals surface area contributed by atoms with Gasteiger partial charge in [-0.25, -0.2) is 0 Å². The Morgan fingerprint density at radius 1 is 1.35 bits per heavy atom. The van der Waals surface area contributed by atoms with E-state index in [-0.39, 0.29) is 19.0 Å². The van der Waals surface area contributed by atoms with Crippen LogP contribution in [0.3, 0.4) is 0 Å². The molecule has 2 amide bonds. The van der Waals surface area contributed by atoms with E-state index in [1.54, 1.807) is 0 Å². The van der Waals surface area contributed by atoms with Gasteiger partial charge in [-0.1, -0.05) is 34.0 Å². The summed E-state index contributed by atoms with van der Waals surface area (Å²) in [5.74, 6) is 1.61. The van der Waals surface area contributed by atoms with E-state index in [1.165, 1.54) is 4.90 Å². The van der Waals surface area contributed by atoms with Crippen LogP contribution in [0.5, 0.6) is 0 Å². The first-order chi connectivity index (χ1) is 9.52. The number of halogens is 1. The Balaban J connectivity index is 2.68. The number of benzene rings is 1. The van der Waals surface area contributed by atoms with Gasteiger partial charge in [0.2, 0.25) is 11.8 Å². The fourth-order valence-corrected chi connectivity index (χ4v) is 1.85. The van der Waals surface area contributed by atoms with Gasteiger partial charge in [-0.15, -0.1) is 6.42 Å². The number of hydrogen-bond donors (Lipinski definition) is 2. The van der Waals surface area contributed by atoms with Crippen LogP contribution in [0, 0.1) is 12.3 Å². The van der Waals surface area contributed by atoms with E-state index in [0.29, 0.717) is 13.1 Å². The number of nitrogens with two attached hydrogens (primary N) is 1. The van der Waals surface area contributed by atoms with Crippen molar-refractivity contribution in [1.29, 1.82) is 0 Å². The summed E-state index contributed by atoms with van der Waals surface area (Å²) < 4.78 is 0.949. The molecule has 0 atom stereocenters. The summed E-state index contributed by atoms with van der Waals surface area (Å²) >= 11 is 3.34. The van der Waals surface area contributed by atoms with E-state index in [0.717, 1.165) is 10.0 Å². The molecule has 0 aliphatic heterocycles. The van der Waals surface area contributed by atoms with Crippen LogP contribution < -0.4 is 11.1 Å². The van der Waals surface area contributed by atoms with E-state index < -0.39 is 5.91 Å². The van der Waals surface area contributed by atoms with Crippen molar-refractivity contribution in [2.75, 3.05) is 19.6 Å². The first-order valence-corrected chi connectivity index (χ1v) is 6.77. The number of hydrogen-bond acceptors (Lipinski definition) is 3. The van der Waals surface area contributed by atoms with Gasteiger partial charge >= 0.3 is 0 Å². The van der Waals surface area contributed by atoms with E-state index in [2.05, 4.69) is 27.2 Å². The SMILES string of the molecule is C#CCNCC(=O)N(CC(N)=O)Cc1ccc(Br)cc1. The highest BCUT2D eigenvalue weighted by molar-refractivity contribution is 9.10. The van der Waals surface area contributed by atoms with Crippen LogP contribution >= 0.6 is 15.9 Å². The average Bonchev–Trinajstić information content (AvgIpc) is 2.40. The molecule has 0 saturated heterocycles. The minimum Gasteiger partial charge on any atom is -0.368 e. The fourth-order valence-electron chi connectivity index (χ4n) is 1.58. The van der Waals surface area contributed by atoms with Crippen molar-refractivity contribution in [3.05, 3.63) is 34.3 Å². The number of carbonyl (C=O) groups is 2. The Morgan fingerprint density at radius 3 is 2.55 bits per heavy atom. The Kier molecular flexibility index (Phi) is 6.77. The zero-order valence-electron chi connectivity index (χ0n) is 10.9. The molecule has 6 heteroatoms. The van der Waals surface area contributed by atoms with Gasteiger partial charge in [0.25, 0.3) is 0 Å². The number of amides is 2. The number of primary amides is 1. The molecule has 0 heterocycles. The van der Waals surface area contributed by atoms with Crippen LogP contribution in [-0.4, -0.2) is 36.3 Å². The number of rotatable bonds is 7. The lowest BCUT2D eigenvalue weighted by atomic mass is 10.2. The molecule has 0 radical (unpaired) electrons. The van der Waals surface area contributed by atoms with E-state index in [1.807, 2.05) is 24.3 Å². The van der Waals surface area contributed by atoms with E-state index in [9.17, 15) is 9.59 Å². The van der Waals surface area contributed by atoms with Gasteiger partial charge in [0.15, 0.2) is 0 Å². The number of nitrogens with zero attached hydrogens (tertiary/aromatic N) is 1. The molecule has 1 aromatic carbocycles. The lowest BCUT2D eigenvalue weighted by Gasteiger charge is -2.21. The maximum atomic E-state index is 12.0. The molecule has 0 aromatic heterocycles. The highest BCUT2D eigenvalue weighted by Crippen LogP contribution is 2.12. The minimum absolute atomic E-state index is 0.0774. The van der Waals surface area contributed by atoms with Gasteiger partial charge < -0.3 is 10.6 Å². The van der Waals surface area contributed by atoms with Crippen molar-refractivity contribution in [2.45, 2.75) is 6.54 Å². The molecule has 0 aliphatic carbocycles. The number of terminal acetylenes is 1.